The Kier molecular flexibility index (Phi) is 5.73. The van der Waals surface area contributed by atoms with Gasteiger partial charge in [0.25, 0.3) is 0 Å². The number of rotatable bonds is 8. The summed E-state index contributed by atoms with van der Waals surface area (Å²) in [7, 11) is 3.35. The van der Waals surface area contributed by atoms with E-state index in [9.17, 15) is 4.79 Å². The standard InChI is InChI=1S/C11H22N2O3/c1-15-7-6-13-10(14)8-12-9-11(16-2)4-3-5-11/h12H,3-9H2,1-2H3,(H,13,14). The Balaban J connectivity index is 2.03. The number of nitrogens with one attached hydrogen (secondary N) is 2. The molecule has 0 aromatic heterocycles. The summed E-state index contributed by atoms with van der Waals surface area (Å²) < 4.78 is 10.3. The van der Waals surface area contributed by atoms with E-state index in [2.05, 4.69) is 10.6 Å². The van der Waals surface area contributed by atoms with Crippen LogP contribution in [0.2, 0.25) is 0 Å². The van der Waals surface area contributed by atoms with Crippen LogP contribution < -0.4 is 10.6 Å². The van der Waals surface area contributed by atoms with Crippen LogP contribution in [0.3, 0.4) is 0 Å². The first-order valence-electron chi connectivity index (χ1n) is 5.74. The maximum Gasteiger partial charge on any atom is 0.234 e. The van der Waals surface area contributed by atoms with Crippen LogP contribution in [0, 0.1) is 0 Å². The zero-order valence-corrected chi connectivity index (χ0v) is 10.2. The van der Waals surface area contributed by atoms with Crippen LogP contribution in [0.4, 0.5) is 0 Å². The molecule has 1 aliphatic carbocycles. The van der Waals surface area contributed by atoms with E-state index in [1.165, 1.54) is 6.42 Å². The molecule has 0 saturated heterocycles. The summed E-state index contributed by atoms with van der Waals surface area (Å²) >= 11 is 0. The van der Waals surface area contributed by atoms with Crippen molar-refractivity contribution < 1.29 is 14.3 Å². The molecule has 0 heterocycles. The average molecular weight is 230 g/mol. The Morgan fingerprint density at radius 1 is 1.38 bits per heavy atom. The van der Waals surface area contributed by atoms with Gasteiger partial charge in [0.15, 0.2) is 0 Å². The number of ether oxygens (including phenoxy) is 2. The molecule has 1 rings (SSSR count). The predicted molar refractivity (Wildman–Crippen MR) is 61.3 cm³/mol. The minimum atomic E-state index is -0.0210. The largest absolute Gasteiger partial charge is 0.383 e. The number of methoxy groups -OCH3 is 2. The van der Waals surface area contributed by atoms with Crippen molar-refractivity contribution in [3.63, 3.8) is 0 Å². The van der Waals surface area contributed by atoms with E-state index in [-0.39, 0.29) is 11.5 Å². The Labute approximate surface area is 96.9 Å². The van der Waals surface area contributed by atoms with Gasteiger partial charge >= 0.3 is 0 Å². The second kappa shape index (κ2) is 6.83. The van der Waals surface area contributed by atoms with Gasteiger partial charge in [-0.05, 0) is 19.3 Å². The van der Waals surface area contributed by atoms with Crippen LogP contribution >= 0.6 is 0 Å². The van der Waals surface area contributed by atoms with Crippen LogP contribution in [0.1, 0.15) is 19.3 Å². The third-order valence-electron chi connectivity index (χ3n) is 3.06. The Bertz CT molecular complexity index is 212. The molecule has 0 atom stereocenters. The molecule has 0 aromatic carbocycles. The van der Waals surface area contributed by atoms with Crippen molar-refractivity contribution in [3.05, 3.63) is 0 Å². The zero-order chi connectivity index (χ0) is 11.9. The van der Waals surface area contributed by atoms with Crippen LogP contribution in [-0.2, 0) is 14.3 Å². The molecule has 0 radical (unpaired) electrons. The maximum absolute atomic E-state index is 11.3. The smallest absolute Gasteiger partial charge is 0.234 e. The summed E-state index contributed by atoms with van der Waals surface area (Å²) in [6, 6.07) is 0. The average Bonchev–Trinajstić information content (AvgIpc) is 2.22. The highest BCUT2D eigenvalue weighted by atomic mass is 16.5. The van der Waals surface area contributed by atoms with Gasteiger partial charge in [-0.25, -0.2) is 0 Å². The molecule has 94 valence electrons. The van der Waals surface area contributed by atoms with Gasteiger partial charge in [-0.1, -0.05) is 0 Å². The molecule has 0 aromatic rings. The van der Waals surface area contributed by atoms with Gasteiger partial charge in [0.05, 0.1) is 18.8 Å². The molecule has 0 unspecified atom stereocenters. The summed E-state index contributed by atoms with van der Waals surface area (Å²) in [5.41, 5.74) is -0.0210. The number of hydrogen-bond acceptors (Lipinski definition) is 4. The number of amides is 1. The SMILES string of the molecule is COCCNC(=O)CNCC1(OC)CCC1. The van der Waals surface area contributed by atoms with E-state index < -0.39 is 0 Å². The van der Waals surface area contributed by atoms with E-state index in [1.54, 1.807) is 14.2 Å². The fraction of sp³-hybridized carbons (Fsp3) is 0.909. The van der Waals surface area contributed by atoms with Gasteiger partial charge < -0.3 is 20.1 Å². The second-order valence-corrected chi connectivity index (χ2v) is 4.19. The lowest BCUT2D eigenvalue weighted by molar-refractivity contribution is -0.121. The first kappa shape index (κ1) is 13.4. The summed E-state index contributed by atoms with van der Waals surface area (Å²) in [5.74, 6) is 0.00243. The third kappa shape index (κ3) is 4.08. The van der Waals surface area contributed by atoms with Gasteiger partial charge in [-0.15, -0.1) is 0 Å². The molecule has 0 aliphatic heterocycles. The van der Waals surface area contributed by atoms with E-state index in [0.29, 0.717) is 19.7 Å². The maximum atomic E-state index is 11.3. The quantitative estimate of drug-likeness (QED) is 0.572. The number of carbonyl (C=O) groups excluding carboxylic acids is 1. The van der Waals surface area contributed by atoms with E-state index in [0.717, 1.165) is 19.4 Å². The topological polar surface area (TPSA) is 59.6 Å². The van der Waals surface area contributed by atoms with Crippen molar-refractivity contribution in [2.75, 3.05) is 40.5 Å². The highest BCUT2D eigenvalue weighted by Crippen LogP contribution is 2.34. The number of carbonyl (C=O) groups is 1. The molecule has 1 fully saturated rings. The highest BCUT2D eigenvalue weighted by molar-refractivity contribution is 5.77. The second-order valence-electron chi connectivity index (χ2n) is 4.19. The van der Waals surface area contributed by atoms with Crippen molar-refractivity contribution in [2.45, 2.75) is 24.9 Å². The lowest BCUT2D eigenvalue weighted by atomic mass is 9.80. The molecular weight excluding hydrogens is 208 g/mol. The summed E-state index contributed by atoms with van der Waals surface area (Å²) in [5, 5.41) is 5.88. The molecular formula is C11H22N2O3. The molecule has 0 bridgehead atoms. The van der Waals surface area contributed by atoms with Gasteiger partial charge in [0.1, 0.15) is 0 Å². The van der Waals surface area contributed by atoms with Crippen LogP contribution in [0.15, 0.2) is 0 Å². The molecule has 0 spiro atoms. The Hall–Kier alpha value is -0.650. The van der Waals surface area contributed by atoms with Gasteiger partial charge in [0.2, 0.25) is 5.91 Å². The van der Waals surface area contributed by atoms with Gasteiger partial charge in [0, 0.05) is 27.3 Å². The van der Waals surface area contributed by atoms with Crippen molar-refractivity contribution in [1.29, 1.82) is 0 Å². The first-order valence-corrected chi connectivity index (χ1v) is 5.74. The minimum Gasteiger partial charge on any atom is -0.383 e. The van der Waals surface area contributed by atoms with E-state index >= 15 is 0 Å². The number of hydrogen-bond donors (Lipinski definition) is 2. The summed E-state index contributed by atoms with van der Waals surface area (Å²) in [4.78, 5) is 11.3. The monoisotopic (exact) mass is 230 g/mol. The van der Waals surface area contributed by atoms with Gasteiger partial charge in [-0.3, -0.25) is 4.79 Å². The van der Waals surface area contributed by atoms with Crippen LogP contribution in [0.5, 0.6) is 0 Å². The lowest BCUT2D eigenvalue weighted by Crippen LogP contribution is -2.49. The predicted octanol–water partition coefficient (Wildman–Crippen LogP) is -0.0923. The normalized spacial score (nSPS) is 17.9. The molecule has 2 N–H and O–H groups in total. The van der Waals surface area contributed by atoms with Crippen LogP contribution in [-0.4, -0.2) is 52.0 Å². The molecule has 1 aliphatic rings. The van der Waals surface area contributed by atoms with Crippen molar-refractivity contribution >= 4 is 5.91 Å². The lowest BCUT2D eigenvalue weighted by Gasteiger charge is -2.40. The molecule has 16 heavy (non-hydrogen) atoms. The van der Waals surface area contributed by atoms with Crippen LogP contribution in [0.25, 0.3) is 0 Å². The molecule has 1 saturated carbocycles. The van der Waals surface area contributed by atoms with Crippen molar-refractivity contribution in [2.24, 2.45) is 0 Å². The molecule has 5 heteroatoms. The van der Waals surface area contributed by atoms with E-state index in [4.69, 9.17) is 9.47 Å². The Morgan fingerprint density at radius 3 is 2.62 bits per heavy atom. The van der Waals surface area contributed by atoms with Crippen molar-refractivity contribution in [1.82, 2.24) is 10.6 Å². The summed E-state index contributed by atoms with van der Waals surface area (Å²) in [6.07, 6.45) is 3.39. The fourth-order valence-corrected chi connectivity index (χ4v) is 1.78. The fourth-order valence-electron chi connectivity index (χ4n) is 1.78. The molecule has 5 nitrogen and oxygen atoms in total. The Morgan fingerprint density at radius 2 is 2.12 bits per heavy atom. The molecule has 1 amide bonds. The first-order chi connectivity index (χ1) is 7.72. The van der Waals surface area contributed by atoms with Crippen molar-refractivity contribution in [3.8, 4) is 0 Å². The third-order valence-corrected chi connectivity index (χ3v) is 3.06. The van der Waals surface area contributed by atoms with E-state index in [1.807, 2.05) is 0 Å². The highest BCUT2D eigenvalue weighted by Gasteiger charge is 2.36. The van der Waals surface area contributed by atoms with Gasteiger partial charge in [-0.2, -0.15) is 0 Å². The summed E-state index contributed by atoms with van der Waals surface area (Å²) in [6.45, 7) is 2.20. The zero-order valence-electron chi connectivity index (χ0n) is 10.2. The minimum absolute atomic E-state index is 0.00243.